The molecule has 0 aromatic carbocycles. The van der Waals surface area contributed by atoms with E-state index in [1.54, 1.807) is 0 Å². The maximum Gasteiger partial charge on any atom is 0.303 e. The largest absolute Gasteiger partial charge is 0.481 e. The van der Waals surface area contributed by atoms with Crippen molar-refractivity contribution < 1.29 is 22.5 Å². The van der Waals surface area contributed by atoms with Gasteiger partial charge < -0.3 is 5.11 Å². The molecule has 1 aliphatic rings. The van der Waals surface area contributed by atoms with Crippen LogP contribution in [0, 0.1) is 5.41 Å². The lowest BCUT2D eigenvalue weighted by molar-refractivity contribution is -0.138. The van der Waals surface area contributed by atoms with Crippen molar-refractivity contribution >= 4 is 26.6 Å². The molecule has 5 nitrogen and oxygen atoms in total. The average Bonchev–Trinajstić information content (AvgIpc) is 2.79. The summed E-state index contributed by atoms with van der Waals surface area (Å²) in [6.07, 6.45) is 2.71. The third-order valence-corrected chi connectivity index (χ3v) is 5.43. The van der Waals surface area contributed by atoms with E-state index in [-0.39, 0.29) is 23.3 Å². The van der Waals surface area contributed by atoms with E-state index in [0.29, 0.717) is 5.75 Å². The van der Waals surface area contributed by atoms with Crippen LogP contribution in [0.3, 0.4) is 0 Å². The summed E-state index contributed by atoms with van der Waals surface area (Å²) < 4.78 is 33.3. The number of carbonyl (C=O) groups is 1. The molecule has 0 amide bonds. The molecule has 1 rings (SSSR count). The monoisotopic (exact) mass is 268 g/mol. The van der Waals surface area contributed by atoms with Gasteiger partial charge in [0, 0.05) is 28.6 Å². The van der Waals surface area contributed by atoms with Crippen molar-refractivity contribution in [3.05, 3.63) is 0 Å². The van der Waals surface area contributed by atoms with Crippen LogP contribution in [-0.4, -0.2) is 47.2 Å². The number of carboxylic acids is 1. The van der Waals surface area contributed by atoms with Gasteiger partial charge in [-0.15, -0.1) is 0 Å². The molecule has 1 N–H and O–H groups in total. The molecule has 1 fully saturated rings. The third kappa shape index (κ3) is 5.07. The van der Waals surface area contributed by atoms with Crippen molar-refractivity contribution in [1.29, 1.82) is 0 Å². The molecule has 7 heteroatoms. The Kier molecular flexibility index (Phi) is 4.12. The van der Waals surface area contributed by atoms with Crippen molar-refractivity contribution in [2.75, 3.05) is 23.5 Å². The van der Waals surface area contributed by atoms with Gasteiger partial charge in [0.15, 0.2) is 0 Å². The van der Waals surface area contributed by atoms with Crippen LogP contribution in [0.15, 0.2) is 0 Å². The summed E-state index contributed by atoms with van der Waals surface area (Å²) in [4.78, 5) is 10.6. The number of hydrogen-bond acceptors (Lipinski definition) is 4. The van der Waals surface area contributed by atoms with Gasteiger partial charge in [0.25, 0.3) is 0 Å². The summed E-state index contributed by atoms with van der Waals surface area (Å²) in [7, 11) is -4.32. The fourth-order valence-electron chi connectivity index (χ4n) is 1.53. The van der Waals surface area contributed by atoms with Crippen molar-refractivity contribution in [3.63, 3.8) is 0 Å². The fraction of sp³-hybridized carbons (Fsp3) is 0.889. The maximum atomic E-state index is 11.6. The molecular formula is C9H16O5S2. The van der Waals surface area contributed by atoms with Crippen LogP contribution in [0.25, 0.3) is 0 Å². The second-order valence-corrected chi connectivity index (χ2v) is 8.33. The number of sulfone groups is 1. The van der Waals surface area contributed by atoms with E-state index in [9.17, 15) is 17.4 Å². The highest BCUT2D eigenvalue weighted by Gasteiger charge is 2.45. The van der Waals surface area contributed by atoms with Gasteiger partial charge in [-0.25, -0.2) is 8.42 Å². The van der Waals surface area contributed by atoms with Crippen LogP contribution in [0.4, 0.5) is 0 Å². The quantitative estimate of drug-likeness (QED) is 0.704. The average molecular weight is 268 g/mol. The zero-order valence-corrected chi connectivity index (χ0v) is 10.8. The SMILES string of the molecule is CS(=O)(=O)CCS(=O)CC1(CC(=O)O)CC1. The molecule has 1 saturated carbocycles. The molecule has 0 bridgehead atoms. The Bertz CT molecular complexity index is 394. The van der Waals surface area contributed by atoms with Crippen molar-refractivity contribution in [2.24, 2.45) is 5.41 Å². The maximum absolute atomic E-state index is 11.6. The molecule has 0 heterocycles. The first-order valence-electron chi connectivity index (χ1n) is 4.97. The lowest BCUT2D eigenvalue weighted by Crippen LogP contribution is -2.21. The summed E-state index contributed by atoms with van der Waals surface area (Å²) in [5, 5.41) is 8.67. The molecule has 0 aliphatic heterocycles. The van der Waals surface area contributed by atoms with Crippen molar-refractivity contribution in [2.45, 2.75) is 19.3 Å². The van der Waals surface area contributed by atoms with Gasteiger partial charge in [-0.3, -0.25) is 9.00 Å². The topological polar surface area (TPSA) is 88.5 Å². The molecule has 0 aromatic heterocycles. The molecule has 0 radical (unpaired) electrons. The second kappa shape index (κ2) is 4.83. The molecule has 1 unspecified atom stereocenters. The van der Waals surface area contributed by atoms with E-state index in [1.807, 2.05) is 0 Å². The normalized spacial score (nSPS) is 20.3. The number of carboxylic acid groups (broad SMARTS) is 1. The Balaban J connectivity index is 2.37. The van der Waals surface area contributed by atoms with E-state index in [1.165, 1.54) is 0 Å². The Morgan fingerprint density at radius 2 is 2.00 bits per heavy atom. The first kappa shape index (κ1) is 13.6. The molecule has 94 valence electrons. The molecule has 0 saturated heterocycles. The van der Waals surface area contributed by atoms with Crippen LogP contribution in [0.1, 0.15) is 19.3 Å². The number of aliphatic carboxylic acids is 1. The van der Waals surface area contributed by atoms with Crippen molar-refractivity contribution in [1.82, 2.24) is 0 Å². The Labute approximate surface area is 97.6 Å². The van der Waals surface area contributed by atoms with Crippen LogP contribution in [0.2, 0.25) is 0 Å². The second-order valence-electron chi connectivity index (χ2n) is 4.49. The minimum atomic E-state index is -3.09. The van der Waals surface area contributed by atoms with Gasteiger partial charge in [-0.05, 0) is 18.3 Å². The zero-order chi connectivity index (χ0) is 12.4. The van der Waals surface area contributed by atoms with Gasteiger partial charge >= 0.3 is 5.97 Å². The van der Waals surface area contributed by atoms with Crippen LogP contribution in [-0.2, 0) is 25.4 Å². The first-order valence-corrected chi connectivity index (χ1v) is 8.52. The van der Waals surface area contributed by atoms with Crippen LogP contribution < -0.4 is 0 Å². The van der Waals surface area contributed by atoms with E-state index in [4.69, 9.17) is 5.11 Å². The van der Waals surface area contributed by atoms with Gasteiger partial charge in [-0.1, -0.05) is 0 Å². The number of hydrogen-bond donors (Lipinski definition) is 1. The summed E-state index contributed by atoms with van der Waals surface area (Å²) in [5.74, 6) is -0.546. The van der Waals surface area contributed by atoms with Gasteiger partial charge in [0.05, 0.1) is 12.2 Å². The smallest absolute Gasteiger partial charge is 0.303 e. The van der Waals surface area contributed by atoms with E-state index >= 15 is 0 Å². The zero-order valence-electron chi connectivity index (χ0n) is 9.14. The fourth-order valence-corrected chi connectivity index (χ4v) is 4.70. The third-order valence-electron chi connectivity index (χ3n) is 2.63. The van der Waals surface area contributed by atoms with Crippen LogP contribution in [0.5, 0.6) is 0 Å². The Morgan fingerprint density at radius 1 is 1.44 bits per heavy atom. The predicted octanol–water partition coefficient (Wildman–Crippen LogP) is 0.0346. The highest BCUT2D eigenvalue weighted by Crippen LogP contribution is 2.49. The van der Waals surface area contributed by atoms with Gasteiger partial charge in [0.2, 0.25) is 0 Å². The summed E-state index contributed by atoms with van der Waals surface area (Å²) in [6, 6.07) is 0. The standard InChI is InChI=1S/C9H16O5S2/c1-16(13,14)5-4-15(12)7-9(2-3-9)6-8(10)11/h2-7H2,1H3,(H,10,11). The Hall–Kier alpha value is -0.430. The first-order chi connectivity index (χ1) is 7.22. The molecule has 1 aliphatic carbocycles. The molecule has 0 aromatic rings. The minimum Gasteiger partial charge on any atom is -0.481 e. The van der Waals surface area contributed by atoms with E-state index in [2.05, 4.69) is 0 Å². The Morgan fingerprint density at radius 3 is 2.38 bits per heavy atom. The highest BCUT2D eigenvalue weighted by molar-refractivity contribution is 7.92. The number of rotatable bonds is 7. The van der Waals surface area contributed by atoms with E-state index in [0.717, 1.165) is 19.1 Å². The van der Waals surface area contributed by atoms with E-state index < -0.39 is 26.6 Å². The predicted molar refractivity (Wildman–Crippen MR) is 61.5 cm³/mol. The molecule has 1 atom stereocenters. The lowest BCUT2D eigenvalue weighted by atomic mass is 10.1. The highest BCUT2D eigenvalue weighted by atomic mass is 32.2. The summed E-state index contributed by atoms with van der Waals surface area (Å²) in [5.41, 5.74) is -0.325. The molecule has 16 heavy (non-hydrogen) atoms. The minimum absolute atomic E-state index is 0.0393. The lowest BCUT2D eigenvalue weighted by Gasteiger charge is -2.11. The summed E-state index contributed by atoms with van der Waals surface area (Å²) >= 11 is 0. The van der Waals surface area contributed by atoms with Gasteiger partial charge in [0.1, 0.15) is 9.84 Å². The molecular weight excluding hydrogens is 252 g/mol. The summed E-state index contributed by atoms with van der Waals surface area (Å²) in [6.45, 7) is 0. The van der Waals surface area contributed by atoms with Crippen LogP contribution >= 0.6 is 0 Å². The molecule has 0 spiro atoms. The van der Waals surface area contributed by atoms with Gasteiger partial charge in [-0.2, -0.15) is 0 Å². The van der Waals surface area contributed by atoms with Crippen molar-refractivity contribution in [3.8, 4) is 0 Å².